The van der Waals surface area contributed by atoms with E-state index in [-0.39, 0.29) is 0 Å². The van der Waals surface area contributed by atoms with E-state index in [1.807, 2.05) is 37.0 Å². The molecule has 1 fully saturated rings. The van der Waals surface area contributed by atoms with Gasteiger partial charge in [-0.15, -0.1) is 0 Å². The molecule has 2 aromatic rings. The Hall–Kier alpha value is -1.70. The molecular formula is C20H30N4O2S. The maximum atomic E-state index is 12.9. The largest absolute Gasteiger partial charge is 0.296 e. The van der Waals surface area contributed by atoms with E-state index in [2.05, 4.69) is 16.9 Å². The molecule has 1 saturated heterocycles. The van der Waals surface area contributed by atoms with Crippen LogP contribution in [0.25, 0.3) is 0 Å². The molecular weight excluding hydrogens is 360 g/mol. The van der Waals surface area contributed by atoms with Crippen molar-refractivity contribution in [3.63, 3.8) is 0 Å². The van der Waals surface area contributed by atoms with Gasteiger partial charge in [-0.05, 0) is 37.5 Å². The molecule has 0 amide bonds. The fourth-order valence-electron chi connectivity index (χ4n) is 3.53. The van der Waals surface area contributed by atoms with Gasteiger partial charge in [-0.25, -0.2) is 8.42 Å². The predicted octanol–water partition coefficient (Wildman–Crippen LogP) is 2.58. The third kappa shape index (κ3) is 4.78. The van der Waals surface area contributed by atoms with E-state index in [0.29, 0.717) is 18.0 Å². The Bertz CT molecular complexity index is 851. The monoisotopic (exact) mass is 390 g/mol. The summed E-state index contributed by atoms with van der Waals surface area (Å²) in [6, 6.07) is 7.41. The summed E-state index contributed by atoms with van der Waals surface area (Å²) in [7, 11) is -1.48. The van der Waals surface area contributed by atoms with Crippen LogP contribution in [0, 0.1) is 6.92 Å². The third-order valence-corrected chi connectivity index (χ3v) is 7.13. The van der Waals surface area contributed by atoms with Crippen LogP contribution in [0.15, 0.2) is 35.4 Å². The van der Waals surface area contributed by atoms with E-state index in [4.69, 9.17) is 0 Å². The van der Waals surface area contributed by atoms with Crippen LogP contribution in [0.3, 0.4) is 0 Å². The van der Waals surface area contributed by atoms with Crippen LogP contribution in [-0.4, -0.2) is 53.6 Å². The van der Waals surface area contributed by atoms with Gasteiger partial charge in [0.1, 0.15) is 0 Å². The summed E-state index contributed by atoms with van der Waals surface area (Å²) in [5, 5.41) is 4.38. The van der Waals surface area contributed by atoms with E-state index >= 15 is 0 Å². The molecule has 0 spiro atoms. The van der Waals surface area contributed by atoms with Gasteiger partial charge in [0.15, 0.2) is 0 Å². The minimum atomic E-state index is -3.41. The lowest BCUT2D eigenvalue weighted by atomic mass is 10.1. The predicted molar refractivity (Wildman–Crippen MR) is 107 cm³/mol. The summed E-state index contributed by atoms with van der Waals surface area (Å²) in [4.78, 5) is 2.70. The molecule has 7 heteroatoms. The first-order chi connectivity index (χ1) is 12.9. The molecule has 27 heavy (non-hydrogen) atoms. The molecule has 1 aliphatic rings. The summed E-state index contributed by atoms with van der Waals surface area (Å²) < 4.78 is 29.3. The molecule has 148 valence electrons. The van der Waals surface area contributed by atoms with Gasteiger partial charge in [0.2, 0.25) is 10.0 Å². The van der Waals surface area contributed by atoms with Crippen molar-refractivity contribution in [3.8, 4) is 0 Å². The molecule has 2 heterocycles. The Balaban J connectivity index is 1.60. The average molecular weight is 391 g/mol. The van der Waals surface area contributed by atoms with Gasteiger partial charge in [0.05, 0.1) is 10.6 Å². The second-order valence-electron chi connectivity index (χ2n) is 7.34. The SMILES string of the molecule is CCCCc1ccc(S(=O)(=O)N2CCN(Cc3cn(C)nc3C)CC2)cc1. The number of aromatic nitrogens is 2. The maximum Gasteiger partial charge on any atom is 0.243 e. The zero-order valence-electron chi connectivity index (χ0n) is 16.6. The minimum absolute atomic E-state index is 0.402. The third-order valence-electron chi connectivity index (χ3n) is 5.22. The molecule has 3 rings (SSSR count). The average Bonchev–Trinajstić information content (AvgIpc) is 2.97. The van der Waals surface area contributed by atoms with E-state index < -0.39 is 10.0 Å². The molecule has 0 N–H and O–H groups in total. The van der Waals surface area contributed by atoms with E-state index in [1.165, 1.54) is 11.1 Å². The Labute approximate surface area is 162 Å². The molecule has 0 saturated carbocycles. The highest BCUT2D eigenvalue weighted by Crippen LogP contribution is 2.20. The Kier molecular flexibility index (Phi) is 6.34. The van der Waals surface area contributed by atoms with Crippen molar-refractivity contribution in [2.75, 3.05) is 26.2 Å². The van der Waals surface area contributed by atoms with Crippen molar-refractivity contribution in [2.24, 2.45) is 7.05 Å². The number of sulfonamides is 1. The molecule has 0 bridgehead atoms. The Morgan fingerprint density at radius 2 is 1.74 bits per heavy atom. The smallest absolute Gasteiger partial charge is 0.243 e. The van der Waals surface area contributed by atoms with Crippen LogP contribution < -0.4 is 0 Å². The molecule has 1 aromatic carbocycles. The van der Waals surface area contributed by atoms with Crippen molar-refractivity contribution < 1.29 is 8.42 Å². The van der Waals surface area contributed by atoms with Crippen molar-refractivity contribution in [1.82, 2.24) is 19.0 Å². The van der Waals surface area contributed by atoms with Crippen LogP contribution in [-0.2, 0) is 30.0 Å². The van der Waals surface area contributed by atoms with Gasteiger partial charge >= 0.3 is 0 Å². The number of piperazine rings is 1. The number of aryl methyl sites for hydroxylation is 3. The van der Waals surface area contributed by atoms with Crippen LogP contribution in [0.4, 0.5) is 0 Å². The van der Waals surface area contributed by atoms with Gasteiger partial charge in [0.25, 0.3) is 0 Å². The van der Waals surface area contributed by atoms with Crippen LogP contribution in [0.2, 0.25) is 0 Å². The number of benzene rings is 1. The molecule has 0 atom stereocenters. The topological polar surface area (TPSA) is 58.4 Å². The van der Waals surface area contributed by atoms with Crippen LogP contribution >= 0.6 is 0 Å². The van der Waals surface area contributed by atoms with Gasteiger partial charge in [0, 0.05) is 51.5 Å². The minimum Gasteiger partial charge on any atom is -0.296 e. The first kappa shape index (κ1) is 20.0. The number of hydrogen-bond donors (Lipinski definition) is 0. The second kappa shape index (κ2) is 8.54. The fourth-order valence-corrected chi connectivity index (χ4v) is 4.95. The first-order valence-electron chi connectivity index (χ1n) is 9.70. The second-order valence-corrected chi connectivity index (χ2v) is 9.28. The van der Waals surface area contributed by atoms with E-state index in [1.54, 1.807) is 16.4 Å². The highest BCUT2D eigenvalue weighted by molar-refractivity contribution is 7.89. The number of nitrogens with zero attached hydrogens (tertiary/aromatic N) is 4. The van der Waals surface area contributed by atoms with Crippen LogP contribution in [0.1, 0.15) is 36.6 Å². The molecule has 1 aliphatic heterocycles. The Morgan fingerprint density at radius 1 is 1.07 bits per heavy atom. The first-order valence-corrected chi connectivity index (χ1v) is 11.1. The zero-order valence-corrected chi connectivity index (χ0v) is 17.4. The fraction of sp³-hybridized carbons (Fsp3) is 0.550. The molecule has 0 radical (unpaired) electrons. The summed E-state index contributed by atoms with van der Waals surface area (Å²) in [5.41, 5.74) is 3.44. The van der Waals surface area contributed by atoms with Crippen molar-refractivity contribution in [3.05, 3.63) is 47.3 Å². The lowest BCUT2D eigenvalue weighted by Gasteiger charge is -2.33. The van der Waals surface area contributed by atoms with E-state index in [0.717, 1.165) is 44.6 Å². The van der Waals surface area contributed by atoms with Crippen LogP contribution in [0.5, 0.6) is 0 Å². The summed E-state index contributed by atoms with van der Waals surface area (Å²) >= 11 is 0. The highest BCUT2D eigenvalue weighted by Gasteiger charge is 2.28. The Morgan fingerprint density at radius 3 is 2.30 bits per heavy atom. The summed E-state index contributed by atoms with van der Waals surface area (Å²) in [5.74, 6) is 0. The molecule has 0 unspecified atom stereocenters. The normalized spacial score (nSPS) is 16.7. The number of hydrogen-bond acceptors (Lipinski definition) is 4. The molecule has 1 aromatic heterocycles. The number of rotatable bonds is 7. The highest BCUT2D eigenvalue weighted by atomic mass is 32.2. The van der Waals surface area contributed by atoms with Crippen molar-refractivity contribution in [2.45, 2.75) is 44.6 Å². The lowest BCUT2D eigenvalue weighted by Crippen LogP contribution is -2.48. The lowest BCUT2D eigenvalue weighted by molar-refractivity contribution is 0.181. The summed E-state index contributed by atoms with van der Waals surface area (Å²) in [6.07, 6.45) is 5.31. The van der Waals surface area contributed by atoms with E-state index in [9.17, 15) is 8.42 Å². The molecule has 0 aliphatic carbocycles. The standard InChI is InChI=1S/C20H30N4O2S/c1-4-5-6-18-7-9-20(10-8-18)27(25,26)24-13-11-23(12-14-24)16-19-15-22(3)21-17(19)2/h7-10,15H,4-6,11-14,16H2,1-3H3. The van der Waals surface area contributed by atoms with Gasteiger partial charge in [-0.3, -0.25) is 9.58 Å². The maximum absolute atomic E-state index is 12.9. The van der Waals surface area contributed by atoms with Crippen molar-refractivity contribution >= 4 is 10.0 Å². The van der Waals surface area contributed by atoms with Gasteiger partial charge < -0.3 is 0 Å². The van der Waals surface area contributed by atoms with Gasteiger partial charge in [-0.1, -0.05) is 25.5 Å². The molecule has 6 nitrogen and oxygen atoms in total. The van der Waals surface area contributed by atoms with Crippen molar-refractivity contribution in [1.29, 1.82) is 0 Å². The summed E-state index contributed by atoms with van der Waals surface area (Å²) in [6.45, 7) is 7.52. The quantitative estimate of drug-likeness (QED) is 0.729. The zero-order chi connectivity index (χ0) is 19.4. The number of unbranched alkanes of at least 4 members (excludes halogenated alkanes) is 1. The van der Waals surface area contributed by atoms with Gasteiger partial charge in [-0.2, -0.15) is 9.40 Å².